The summed E-state index contributed by atoms with van der Waals surface area (Å²) in [5, 5.41) is 28.6. The second-order valence-electron chi connectivity index (χ2n) is 4.41. The first-order chi connectivity index (χ1) is 9.52. The van der Waals surface area contributed by atoms with E-state index < -0.39 is 42.8 Å². The third kappa shape index (κ3) is 1.81. The summed E-state index contributed by atoms with van der Waals surface area (Å²) in [4.78, 5) is 20.6. The highest BCUT2D eigenvalue weighted by Gasteiger charge is 2.44. The Hall–Kier alpha value is -1.88. The van der Waals surface area contributed by atoms with Gasteiger partial charge in [-0.15, -0.1) is 0 Å². The zero-order chi connectivity index (χ0) is 14.4. The van der Waals surface area contributed by atoms with Crippen LogP contribution in [0.25, 0.3) is 11.2 Å². The predicted molar refractivity (Wildman–Crippen MR) is 61.1 cm³/mol. The number of fused-ring (bicyclic) bond motifs is 1. The molecule has 0 spiro atoms. The molecule has 0 bridgehead atoms. The normalized spacial score (nSPS) is 30.2. The number of hydrogen-bond donors (Lipinski definition) is 4. The van der Waals surface area contributed by atoms with Gasteiger partial charge in [-0.1, -0.05) is 0 Å². The van der Waals surface area contributed by atoms with Gasteiger partial charge in [-0.05, 0) is 0 Å². The summed E-state index contributed by atoms with van der Waals surface area (Å²) in [6.07, 6.45) is -4.74. The summed E-state index contributed by atoms with van der Waals surface area (Å²) in [7, 11) is 0. The molecule has 0 aliphatic carbocycles. The molecular weight excluding hydrogens is 275 g/mol. The second kappa shape index (κ2) is 4.59. The number of aromatic nitrogens is 4. The fourth-order valence-electron chi connectivity index (χ4n) is 2.20. The molecule has 2 aromatic heterocycles. The highest BCUT2D eigenvalue weighted by molar-refractivity contribution is 5.69. The van der Waals surface area contributed by atoms with Crippen LogP contribution in [0.4, 0.5) is 4.39 Å². The molecule has 0 amide bonds. The zero-order valence-corrected chi connectivity index (χ0v) is 9.97. The number of rotatable bonds is 2. The highest BCUT2D eigenvalue weighted by Crippen LogP contribution is 2.30. The Morgan fingerprint density at radius 3 is 2.85 bits per heavy atom. The van der Waals surface area contributed by atoms with Crippen molar-refractivity contribution in [3.05, 3.63) is 22.8 Å². The van der Waals surface area contributed by atoms with Crippen LogP contribution >= 0.6 is 0 Å². The smallest absolute Gasteiger partial charge is 0.291 e. The van der Waals surface area contributed by atoms with Crippen LogP contribution in [0, 0.1) is 6.08 Å². The number of hydrogen-bond acceptors (Lipinski definition) is 7. The molecule has 0 aromatic carbocycles. The lowest BCUT2D eigenvalue weighted by Crippen LogP contribution is -2.33. The van der Waals surface area contributed by atoms with Crippen molar-refractivity contribution < 1.29 is 24.4 Å². The van der Waals surface area contributed by atoms with Gasteiger partial charge in [0.05, 0.1) is 12.9 Å². The number of nitrogens with one attached hydrogen (secondary N) is 1. The minimum absolute atomic E-state index is 0.121. The molecule has 1 aliphatic rings. The molecule has 1 saturated heterocycles. The van der Waals surface area contributed by atoms with Crippen molar-refractivity contribution in [2.75, 3.05) is 6.61 Å². The number of aliphatic hydroxyl groups is 3. The van der Waals surface area contributed by atoms with E-state index in [9.17, 15) is 19.4 Å². The number of aromatic amines is 1. The Morgan fingerprint density at radius 2 is 2.20 bits per heavy atom. The maximum atomic E-state index is 13.2. The number of halogens is 1. The summed E-state index contributed by atoms with van der Waals surface area (Å²) in [6.45, 7) is -0.496. The lowest BCUT2D eigenvalue weighted by atomic mass is 10.1. The largest absolute Gasteiger partial charge is 0.394 e. The van der Waals surface area contributed by atoms with Crippen LogP contribution in [0.5, 0.6) is 0 Å². The Morgan fingerprint density at radius 1 is 1.45 bits per heavy atom. The number of ether oxygens (including phenoxy) is 1. The Labute approximate surface area is 110 Å². The van der Waals surface area contributed by atoms with Gasteiger partial charge in [-0.3, -0.25) is 14.3 Å². The molecule has 9 nitrogen and oxygen atoms in total. The van der Waals surface area contributed by atoms with Crippen LogP contribution in [-0.4, -0.2) is 59.8 Å². The molecule has 4 atom stereocenters. The van der Waals surface area contributed by atoms with Gasteiger partial charge < -0.3 is 20.1 Å². The van der Waals surface area contributed by atoms with Gasteiger partial charge in [0.25, 0.3) is 11.6 Å². The van der Waals surface area contributed by atoms with Crippen LogP contribution in [0.1, 0.15) is 6.23 Å². The monoisotopic (exact) mass is 286 g/mol. The van der Waals surface area contributed by atoms with Gasteiger partial charge >= 0.3 is 0 Å². The van der Waals surface area contributed by atoms with Gasteiger partial charge in [-0.2, -0.15) is 9.37 Å². The molecule has 1 fully saturated rings. The van der Waals surface area contributed by atoms with Crippen LogP contribution < -0.4 is 5.56 Å². The van der Waals surface area contributed by atoms with E-state index in [-0.39, 0.29) is 11.2 Å². The molecule has 0 saturated carbocycles. The number of nitrogens with zero attached hydrogens (tertiary/aromatic N) is 3. The molecular formula is C10H11FN4O5. The lowest BCUT2D eigenvalue weighted by Gasteiger charge is -2.16. The maximum Gasteiger partial charge on any atom is 0.291 e. The molecule has 20 heavy (non-hydrogen) atoms. The summed E-state index contributed by atoms with van der Waals surface area (Å²) >= 11 is 0. The SMILES string of the molecule is O=c1[nH]c(F)nc2c1ncn2C1OC(CO)C(O)C1O. The zero-order valence-electron chi connectivity index (χ0n) is 9.97. The Kier molecular flexibility index (Phi) is 3.01. The van der Waals surface area contributed by atoms with E-state index in [4.69, 9.17) is 9.84 Å². The minimum Gasteiger partial charge on any atom is -0.394 e. The number of aliphatic hydroxyl groups excluding tert-OH is 3. The fraction of sp³-hybridized carbons (Fsp3) is 0.500. The van der Waals surface area contributed by atoms with Crippen LogP contribution in [0.3, 0.4) is 0 Å². The Bertz CT molecular complexity index is 701. The second-order valence-corrected chi connectivity index (χ2v) is 4.41. The lowest BCUT2D eigenvalue weighted by molar-refractivity contribution is -0.0511. The van der Waals surface area contributed by atoms with Crippen molar-refractivity contribution in [3.63, 3.8) is 0 Å². The van der Waals surface area contributed by atoms with Crippen molar-refractivity contribution in [1.29, 1.82) is 0 Å². The van der Waals surface area contributed by atoms with Crippen molar-refractivity contribution in [1.82, 2.24) is 19.5 Å². The number of H-pyrrole nitrogens is 1. The van der Waals surface area contributed by atoms with E-state index in [2.05, 4.69) is 9.97 Å². The minimum atomic E-state index is -1.37. The average Bonchev–Trinajstić information content (AvgIpc) is 2.93. The van der Waals surface area contributed by atoms with Crippen LogP contribution in [-0.2, 0) is 4.74 Å². The van der Waals surface area contributed by atoms with Crippen molar-refractivity contribution >= 4 is 11.2 Å². The molecule has 4 unspecified atom stereocenters. The van der Waals surface area contributed by atoms with Gasteiger partial charge in [0.15, 0.2) is 17.4 Å². The predicted octanol–water partition coefficient (Wildman–Crippen LogP) is -2.13. The first-order valence-electron chi connectivity index (χ1n) is 5.77. The summed E-state index contributed by atoms with van der Waals surface area (Å²) < 4.78 is 19.6. The van der Waals surface area contributed by atoms with Crippen LogP contribution in [0.15, 0.2) is 11.1 Å². The Balaban J connectivity index is 2.09. The molecule has 3 heterocycles. The van der Waals surface area contributed by atoms with Crippen LogP contribution in [0.2, 0.25) is 0 Å². The first-order valence-corrected chi connectivity index (χ1v) is 5.77. The van der Waals surface area contributed by atoms with E-state index in [0.717, 1.165) is 10.9 Å². The fourth-order valence-corrected chi connectivity index (χ4v) is 2.20. The van der Waals surface area contributed by atoms with E-state index >= 15 is 0 Å². The van der Waals surface area contributed by atoms with Gasteiger partial charge in [-0.25, -0.2) is 4.98 Å². The molecule has 10 heteroatoms. The molecule has 2 aromatic rings. The quantitative estimate of drug-likeness (QED) is 0.463. The van der Waals surface area contributed by atoms with Crippen molar-refractivity contribution in [2.45, 2.75) is 24.5 Å². The maximum absolute atomic E-state index is 13.2. The summed E-state index contributed by atoms with van der Waals surface area (Å²) in [5.74, 6) is 0. The highest BCUT2D eigenvalue weighted by atomic mass is 19.1. The third-order valence-electron chi connectivity index (χ3n) is 3.19. The van der Waals surface area contributed by atoms with Gasteiger partial charge in [0, 0.05) is 0 Å². The van der Waals surface area contributed by atoms with E-state index in [1.807, 2.05) is 4.98 Å². The van der Waals surface area contributed by atoms with Crippen molar-refractivity contribution in [3.8, 4) is 0 Å². The first kappa shape index (κ1) is 13.1. The average molecular weight is 286 g/mol. The van der Waals surface area contributed by atoms with Gasteiger partial charge in [0.1, 0.15) is 18.3 Å². The third-order valence-corrected chi connectivity index (χ3v) is 3.19. The van der Waals surface area contributed by atoms with E-state index in [1.54, 1.807) is 0 Å². The molecule has 3 rings (SSSR count). The van der Waals surface area contributed by atoms with Crippen molar-refractivity contribution in [2.24, 2.45) is 0 Å². The molecule has 4 N–H and O–H groups in total. The molecule has 108 valence electrons. The summed E-state index contributed by atoms with van der Waals surface area (Å²) in [6, 6.07) is 0. The molecule has 0 radical (unpaired) electrons. The summed E-state index contributed by atoms with van der Waals surface area (Å²) in [5.41, 5.74) is -1.01. The van der Waals surface area contributed by atoms with E-state index in [0.29, 0.717) is 0 Å². The standard InChI is InChI=1S/C10H11FN4O5/c11-10-13-7-4(8(19)14-10)12-2-15(7)9-6(18)5(17)3(1-16)20-9/h2-3,5-6,9,16-18H,1H2,(H,13,14,19). The van der Waals surface area contributed by atoms with E-state index in [1.165, 1.54) is 0 Å². The number of imidazole rings is 1. The topological polar surface area (TPSA) is 133 Å². The molecule has 1 aliphatic heterocycles. The van der Waals surface area contributed by atoms with Gasteiger partial charge in [0.2, 0.25) is 0 Å².